The summed E-state index contributed by atoms with van der Waals surface area (Å²) in [6.07, 6.45) is 1.62. The van der Waals surface area contributed by atoms with E-state index in [4.69, 9.17) is 5.73 Å². The molecule has 4 nitrogen and oxygen atoms in total. The summed E-state index contributed by atoms with van der Waals surface area (Å²) in [5, 5.41) is 9.76. The zero-order chi connectivity index (χ0) is 11.4. The topological polar surface area (TPSA) is 66.7 Å². The fraction of sp³-hybridized carbons (Fsp3) is 0.182. The molecule has 0 unspecified atom stereocenters. The van der Waals surface area contributed by atoms with Crippen LogP contribution in [0.25, 0.3) is 11.3 Å². The van der Waals surface area contributed by atoms with Crippen LogP contribution in [-0.2, 0) is 0 Å². The van der Waals surface area contributed by atoms with Crippen LogP contribution in [0.2, 0.25) is 0 Å². The zero-order valence-corrected chi connectivity index (χ0v) is 8.70. The maximum Gasteiger partial charge on any atom is 0.132 e. The number of aromatic amines is 1. The second-order valence-corrected chi connectivity index (χ2v) is 3.35. The van der Waals surface area contributed by atoms with Crippen LogP contribution < -0.4 is 11.1 Å². The van der Waals surface area contributed by atoms with E-state index in [1.165, 1.54) is 6.07 Å². The molecule has 5 heteroatoms. The van der Waals surface area contributed by atoms with Crippen LogP contribution >= 0.6 is 0 Å². The molecule has 0 radical (unpaired) electrons. The number of benzene rings is 1. The minimum absolute atomic E-state index is 0.275. The summed E-state index contributed by atoms with van der Waals surface area (Å²) in [5.41, 5.74) is 7.30. The van der Waals surface area contributed by atoms with Gasteiger partial charge in [0.15, 0.2) is 0 Å². The van der Waals surface area contributed by atoms with Crippen LogP contribution in [0.15, 0.2) is 30.5 Å². The average molecular weight is 220 g/mol. The van der Waals surface area contributed by atoms with Crippen molar-refractivity contribution in [1.82, 2.24) is 10.2 Å². The molecule has 1 heterocycles. The van der Waals surface area contributed by atoms with Gasteiger partial charge in [0, 0.05) is 18.7 Å². The highest BCUT2D eigenvalue weighted by Crippen LogP contribution is 2.27. The Bertz CT molecular complexity index is 467. The van der Waals surface area contributed by atoms with Crippen LogP contribution in [-0.4, -0.2) is 23.3 Å². The van der Waals surface area contributed by atoms with E-state index in [1.807, 2.05) is 0 Å². The van der Waals surface area contributed by atoms with Gasteiger partial charge in [-0.05, 0) is 12.1 Å². The largest absolute Gasteiger partial charge is 0.381 e. The van der Waals surface area contributed by atoms with Gasteiger partial charge >= 0.3 is 0 Å². The number of hydrogen-bond donors (Lipinski definition) is 3. The first-order chi connectivity index (χ1) is 7.83. The predicted molar refractivity (Wildman–Crippen MR) is 61.5 cm³/mol. The SMILES string of the molecule is NCCNc1cn[nH]c1-c1ccccc1F. The number of hydrogen-bond acceptors (Lipinski definition) is 3. The molecule has 16 heavy (non-hydrogen) atoms. The van der Waals surface area contributed by atoms with Gasteiger partial charge in [0.25, 0.3) is 0 Å². The quantitative estimate of drug-likeness (QED) is 0.733. The molecule has 0 aliphatic carbocycles. The van der Waals surface area contributed by atoms with Crippen molar-refractivity contribution in [1.29, 1.82) is 0 Å². The molecule has 1 aromatic carbocycles. The van der Waals surface area contributed by atoms with Crippen LogP contribution in [0.3, 0.4) is 0 Å². The fourth-order valence-electron chi connectivity index (χ4n) is 1.50. The van der Waals surface area contributed by atoms with Crippen molar-refractivity contribution in [2.45, 2.75) is 0 Å². The maximum absolute atomic E-state index is 13.6. The first kappa shape index (κ1) is 10.6. The molecule has 2 rings (SSSR count). The average Bonchev–Trinajstić information content (AvgIpc) is 2.75. The third-order valence-corrected chi connectivity index (χ3v) is 2.24. The Balaban J connectivity index is 2.33. The van der Waals surface area contributed by atoms with Gasteiger partial charge in [-0.2, -0.15) is 5.10 Å². The number of nitrogens with zero attached hydrogens (tertiary/aromatic N) is 1. The third kappa shape index (κ3) is 2.04. The maximum atomic E-state index is 13.6. The molecule has 0 amide bonds. The smallest absolute Gasteiger partial charge is 0.132 e. The van der Waals surface area contributed by atoms with Gasteiger partial charge in [0.1, 0.15) is 5.82 Å². The minimum Gasteiger partial charge on any atom is -0.381 e. The summed E-state index contributed by atoms with van der Waals surface area (Å²) < 4.78 is 13.6. The van der Waals surface area contributed by atoms with Crippen LogP contribution in [0.4, 0.5) is 10.1 Å². The van der Waals surface area contributed by atoms with Crippen LogP contribution in [0.5, 0.6) is 0 Å². The Morgan fingerprint density at radius 2 is 2.19 bits per heavy atom. The number of aromatic nitrogens is 2. The molecular formula is C11H13FN4. The summed E-state index contributed by atoms with van der Waals surface area (Å²) >= 11 is 0. The van der Waals surface area contributed by atoms with E-state index in [1.54, 1.807) is 24.4 Å². The van der Waals surface area contributed by atoms with Gasteiger partial charge in [-0.15, -0.1) is 0 Å². The van der Waals surface area contributed by atoms with Crippen molar-refractivity contribution in [3.8, 4) is 11.3 Å². The number of rotatable bonds is 4. The van der Waals surface area contributed by atoms with Crippen molar-refractivity contribution in [3.63, 3.8) is 0 Å². The monoisotopic (exact) mass is 220 g/mol. The number of nitrogens with two attached hydrogens (primary N) is 1. The normalized spacial score (nSPS) is 10.4. The number of halogens is 1. The highest BCUT2D eigenvalue weighted by molar-refractivity contribution is 5.73. The van der Waals surface area contributed by atoms with E-state index < -0.39 is 0 Å². The Hall–Kier alpha value is -1.88. The molecule has 84 valence electrons. The van der Waals surface area contributed by atoms with E-state index in [2.05, 4.69) is 15.5 Å². The molecule has 0 saturated carbocycles. The zero-order valence-electron chi connectivity index (χ0n) is 8.70. The van der Waals surface area contributed by atoms with Crippen molar-refractivity contribution in [2.24, 2.45) is 5.73 Å². The lowest BCUT2D eigenvalue weighted by Gasteiger charge is -2.06. The Morgan fingerprint density at radius 1 is 1.38 bits per heavy atom. The van der Waals surface area contributed by atoms with E-state index >= 15 is 0 Å². The highest BCUT2D eigenvalue weighted by Gasteiger charge is 2.10. The standard InChI is InChI=1S/C11H13FN4/c12-9-4-2-1-3-8(9)11-10(7-15-16-11)14-6-5-13/h1-4,7,14H,5-6,13H2,(H,15,16). The molecule has 0 saturated heterocycles. The second kappa shape index (κ2) is 4.76. The van der Waals surface area contributed by atoms with Crippen molar-refractivity contribution < 1.29 is 4.39 Å². The number of anilines is 1. The first-order valence-corrected chi connectivity index (χ1v) is 5.05. The van der Waals surface area contributed by atoms with Crippen molar-refractivity contribution in [2.75, 3.05) is 18.4 Å². The van der Waals surface area contributed by atoms with Gasteiger partial charge in [0.2, 0.25) is 0 Å². The molecule has 4 N–H and O–H groups in total. The van der Waals surface area contributed by atoms with Gasteiger partial charge in [0.05, 0.1) is 17.6 Å². The van der Waals surface area contributed by atoms with Crippen LogP contribution in [0.1, 0.15) is 0 Å². The third-order valence-electron chi connectivity index (χ3n) is 2.24. The molecule has 0 atom stereocenters. The summed E-state index contributed by atoms with van der Waals surface area (Å²) in [7, 11) is 0. The number of nitrogens with one attached hydrogen (secondary N) is 2. The summed E-state index contributed by atoms with van der Waals surface area (Å²) in [6, 6.07) is 6.56. The molecule has 0 aliphatic rings. The first-order valence-electron chi connectivity index (χ1n) is 5.05. The molecule has 0 fully saturated rings. The fourth-order valence-corrected chi connectivity index (χ4v) is 1.50. The number of H-pyrrole nitrogens is 1. The predicted octanol–water partition coefficient (Wildman–Crippen LogP) is 1.59. The van der Waals surface area contributed by atoms with E-state index in [9.17, 15) is 4.39 Å². The summed E-state index contributed by atoms with van der Waals surface area (Å²) in [5.74, 6) is -0.275. The lowest BCUT2D eigenvalue weighted by atomic mass is 10.1. The highest BCUT2D eigenvalue weighted by atomic mass is 19.1. The lowest BCUT2D eigenvalue weighted by Crippen LogP contribution is -2.13. The molecule has 0 bridgehead atoms. The lowest BCUT2D eigenvalue weighted by molar-refractivity contribution is 0.630. The van der Waals surface area contributed by atoms with Gasteiger partial charge < -0.3 is 11.1 Å². The van der Waals surface area contributed by atoms with Crippen LogP contribution in [0, 0.1) is 5.82 Å². The van der Waals surface area contributed by atoms with Crippen molar-refractivity contribution >= 4 is 5.69 Å². The van der Waals surface area contributed by atoms with E-state index in [0.29, 0.717) is 24.3 Å². The summed E-state index contributed by atoms with van der Waals surface area (Å²) in [4.78, 5) is 0. The Morgan fingerprint density at radius 3 is 2.94 bits per heavy atom. The van der Waals surface area contributed by atoms with Gasteiger partial charge in [-0.25, -0.2) is 4.39 Å². The minimum atomic E-state index is -0.275. The van der Waals surface area contributed by atoms with E-state index in [0.717, 1.165) is 5.69 Å². The summed E-state index contributed by atoms with van der Waals surface area (Å²) in [6.45, 7) is 1.14. The second-order valence-electron chi connectivity index (χ2n) is 3.35. The molecule has 2 aromatic rings. The van der Waals surface area contributed by atoms with E-state index in [-0.39, 0.29) is 5.82 Å². The molecule has 1 aromatic heterocycles. The Kier molecular flexibility index (Phi) is 3.16. The molecule has 0 spiro atoms. The van der Waals surface area contributed by atoms with Gasteiger partial charge in [-0.1, -0.05) is 12.1 Å². The van der Waals surface area contributed by atoms with Crippen molar-refractivity contribution in [3.05, 3.63) is 36.3 Å². The van der Waals surface area contributed by atoms with Gasteiger partial charge in [-0.3, -0.25) is 5.10 Å². The molecule has 0 aliphatic heterocycles. The molecular weight excluding hydrogens is 207 g/mol. The Labute approximate surface area is 92.7 Å².